The van der Waals surface area contributed by atoms with Crippen LogP contribution in [0, 0.1) is 0 Å². The van der Waals surface area contributed by atoms with Crippen molar-refractivity contribution in [1.82, 2.24) is 19.9 Å². The van der Waals surface area contributed by atoms with Crippen LogP contribution >= 0.6 is 0 Å². The monoisotopic (exact) mass is 325 g/mol. The Kier molecular flexibility index (Phi) is 5.72. The number of rotatable bonds is 6. The normalized spacial score (nSPS) is 20.1. The molecule has 8 heteroatoms. The first-order valence-electron chi connectivity index (χ1n) is 7.88. The molecule has 0 unspecified atom stereocenters. The van der Waals surface area contributed by atoms with Gasteiger partial charge in [0.2, 0.25) is 11.8 Å². The lowest BCUT2D eigenvalue weighted by molar-refractivity contribution is -0.119. The second-order valence-electron chi connectivity index (χ2n) is 7.15. The Hall–Kier alpha value is -1.51. The SMILES string of the molecule is CN(CC(N)=O)C[C@@H]1CN(Cc2nc(C(C)(C)C)no2)CCO1. The molecule has 130 valence electrons. The molecular formula is C15H27N5O3. The number of hydrogen-bond donors (Lipinski definition) is 1. The van der Waals surface area contributed by atoms with E-state index >= 15 is 0 Å². The number of nitrogens with two attached hydrogens (primary N) is 1. The molecule has 1 fully saturated rings. The lowest BCUT2D eigenvalue weighted by Gasteiger charge is -2.33. The molecule has 1 atom stereocenters. The molecule has 1 aliphatic rings. The molecule has 2 N–H and O–H groups in total. The quantitative estimate of drug-likeness (QED) is 0.785. The van der Waals surface area contributed by atoms with E-state index in [0.29, 0.717) is 25.6 Å². The van der Waals surface area contributed by atoms with Gasteiger partial charge in [-0.15, -0.1) is 0 Å². The number of ether oxygens (including phenoxy) is 1. The number of carbonyl (C=O) groups is 1. The minimum Gasteiger partial charge on any atom is -0.374 e. The highest BCUT2D eigenvalue weighted by molar-refractivity contribution is 5.75. The molecule has 2 heterocycles. The molecule has 8 nitrogen and oxygen atoms in total. The van der Waals surface area contributed by atoms with Crippen molar-refractivity contribution in [2.24, 2.45) is 5.73 Å². The van der Waals surface area contributed by atoms with Crippen molar-refractivity contribution in [3.63, 3.8) is 0 Å². The van der Waals surface area contributed by atoms with Crippen LogP contribution < -0.4 is 5.73 Å². The number of primary amides is 1. The largest absolute Gasteiger partial charge is 0.374 e. The van der Waals surface area contributed by atoms with Gasteiger partial charge in [0.05, 0.1) is 25.8 Å². The van der Waals surface area contributed by atoms with Crippen LogP contribution in [0.2, 0.25) is 0 Å². The number of aromatic nitrogens is 2. The Balaban J connectivity index is 1.86. The Morgan fingerprint density at radius 2 is 2.22 bits per heavy atom. The van der Waals surface area contributed by atoms with E-state index in [0.717, 1.165) is 18.9 Å². The molecule has 0 aromatic carbocycles. The van der Waals surface area contributed by atoms with Crippen LogP contribution in [0.5, 0.6) is 0 Å². The van der Waals surface area contributed by atoms with E-state index in [1.807, 2.05) is 11.9 Å². The summed E-state index contributed by atoms with van der Waals surface area (Å²) >= 11 is 0. The number of morpholine rings is 1. The van der Waals surface area contributed by atoms with E-state index in [-0.39, 0.29) is 24.0 Å². The maximum Gasteiger partial charge on any atom is 0.240 e. The molecule has 1 aromatic rings. The van der Waals surface area contributed by atoms with E-state index in [1.54, 1.807) is 0 Å². The predicted molar refractivity (Wildman–Crippen MR) is 84.7 cm³/mol. The maximum atomic E-state index is 10.9. The third-order valence-corrected chi connectivity index (χ3v) is 3.66. The fraction of sp³-hybridized carbons (Fsp3) is 0.800. The van der Waals surface area contributed by atoms with Gasteiger partial charge in [0.1, 0.15) is 0 Å². The van der Waals surface area contributed by atoms with E-state index in [1.165, 1.54) is 0 Å². The van der Waals surface area contributed by atoms with Crippen LogP contribution in [0.25, 0.3) is 0 Å². The van der Waals surface area contributed by atoms with Crippen molar-refractivity contribution in [2.75, 3.05) is 39.8 Å². The molecule has 2 rings (SSSR count). The lowest BCUT2D eigenvalue weighted by atomic mass is 9.96. The Labute approximate surface area is 136 Å². The summed E-state index contributed by atoms with van der Waals surface area (Å²) in [5.41, 5.74) is 5.09. The average Bonchev–Trinajstić information content (AvgIpc) is 2.86. The summed E-state index contributed by atoms with van der Waals surface area (Å²) in [7, 11) is 1.86. The lowest BCUT2D eigenvalue weighted by Crippen LogP contribution is -2.47. The van der Waals surface area contributed by atoms with Gasteiger partial charge in [-0.25, -0.2) is 0 Å². The van der Waals surface area contributed by atoms with Crippen LogP contribution in [0.1, 0.15) is 32.5 Å². The van der Waals surface area contributed by atoms with Gasteiger partial charge in [0.15, 0.2) is 5.82 Å². The smallest absolute Gasteiger partial charge is 0.240 e. The van der Waals surface area contributed by atoms with E-state index in [2.05, 4.69) is 35.8 Å². The third-order valence-electron chi connectivity index (χ3n) is 3.66. The summed E-state index contributed by atoms with van der Waals surface area (Å²) in [5, 5.41) is 4.05. The van der Waals surface area contributed by atoms with Crippen molar-refractivity contribution in [2.45, 2.75) is 38.8 Å². The summed E-state index contributed by atoms with van der Waals surface area (Å²) in [6.45, 7) is 9.91. The zero-order valence-corrected chi connectivity index (χ0v) is 14.4. The number of nitrogens with zero attached hydrogens (tertiary/aromatic N) is 4. The van der Waals surface area contributed by atoms with Gasteiger partial charge in [0, 0.05) is 25.0 Å². The Bertz CT molecular complexity index is 525. The van der Waals surface area contributed by atoms with Gasteiger partial charge in [-0.1, -0.05) is 25.9 Å². The second kappa shape index (κ2) is 7.37. The molecule has 1 aliphatic heterocycles. The Morgan fingerprint density at radius 3 is 2.83 bits per heavy atom. The van der Waals surface area contributed by atoms with Crippen molar-refractivity contribution >= 4 is 5.91 Å². The van der Waals surface area contributed by atoms with Crippen LogP contribution in [-0.4, -0.2) is 71.8 Å². The minimum atomic E-state index is -0.333. The van der Waals surface area contributed by atoms with E-state index in [9.17, 15) is 4.79 Å². The van der Waals surface area contributed by atoms with Crippen LogP contribution in [-0.2, 0) is 21.5 Å². The van der Waals surface area contributed by atoms with Crippen LogP contribution in [0.15, 0.2) is 4.52 Å². The highest BCUT2D eigenvalue weighted by Gasteiger charge is 2.25. The molecular weight excluding hydrogens is 298 g/mol. The summed E-state index contributed by atoms with van der Waals surface area (Å²) < 4.78 is 11.1. The van der Waals surface area contributed by atoms with Gasteiger partial charge in [0.25, 0.3) is 0 Å². The van der Waals surface area contributed by atoms with Gasteiger partial charge in [-0.2, -0.15) is 4.98 Å². The molecule has 23 heavy (non-hydrogen) atoms. The molecule has 0 radical (unpaired) electrons. The molecule has 0 bridgehead atoms. The third kappa shape index (κ3) is 5.56. The zero-order valence-electron chi connectivity index (χ0n) is 14.4. The van der Waals surface area contributed by atoms with Crippen molar-refractivity contribution in [1.29, 1.82) is 0 Å². The molecule has 0 spiro atoms. The highest BCUT2D eigenvalue weighted by atomic mass is 16.5. The molecule has 0 aliphatic carbocycles. The fourth-order valence-electron chi connectivity index (χ4n) is 2.53. The standard InChI is InChI=1S/C15H27N5O3/c1-15(2,3)14-17-13(23-18-14)10-20-5-6-22-11(8-20)7-19(4)9-12(16)21/h11H,5-10H2,1-4H3,(H2,16,21)/t11-/m1/s1. The van der Waals surface area contributed by atoms with Gasteiger partial charge < -0.3 is 15.0 Å². The number of amides is 1. The first-order chi connectivity index (χ1) is 10.7. The molecule has 1 amide bonds. The minimum absolute atomic E-state index is 0.0399. The van der Waals surface area contributed by atoms with E-state index < -0.39 is 0 Å². The number of hydrogen-bond acceptors (Lipinski definition) is 7. The fourth-order valence-corrected chi connectivity index (χ4v) is 2.53. The second-order valence-corrected chi connectivity index (χ2v) is 7.15. The maximum absolute atomic E-state index is 10.9. The first kappa shape index (κ1) is 17.8. The van der Waals surface area contributed by atoms with Crippen LogP contribution in [0.4, 0.5) is 0 Å². The summed E-state index contributed by atoms with van der Waals surface area (Å²) in [4.78, 5) is 19.5. The zero-order chi connectivity index (χ0) is 17.0. The van der Waals surface area contributed by atoms with Crippen molar-refractivity contribution in [3.8, 4) is 0 Å². The molecule has 1 aromatic heterocycles. The van der Waals surface area contributed by atoms with Gasteiger partial charge in [-0.3, -0.25) is 14.6 Å². The highest BCUT2D eigenvalue weighted by Crippen LogP contribution is 2.19. The number of likely N-dealkylation sites (N-methyl/N-ethyl adjacent to an activating group) is 1. The first-order valence-corrected chi connectivity index (χ1v) is 7.88. The molecule has 0 saturated carbocycles. The topological polar surface area (TPSA) is 97.7 Å². The van der Waals surface area contributed by atoms with Gasteiger partial charge in [-0.05, 0) is 7.05 Å². The van der Waals surface area contributed by atoms with Gasteiger partial charge >= 0.3 is 0 Å². The summed E-state index contributed by atoms with van der Waals surface area (Å²) in [5.74, 6) is 1.01. The van der Waals surface area contributed by atoms with Crippen LogP contribution in [0.3, 0.4) is 0 Å². The van der Waals surface area contributed by atoms with E-state index in [4.69, 9.17) is 15.0 Å². The summed E-state index contributed by atoms with van der Waals surface area (Å²) in [6, 6.07) is 0. The molecule has 1 saturated heterocycles. The average molecular weight is 325 g/mol. The Morgan fingerprint density at radius 1 is 1.48 bits per heavy atom. The number of carbonyl (C=O) groups excluding carboxylic acids is 1. The van der Waals surface area contributed by atoms with Crippen molar-refractivity contribution in [3.05, 3.63) is 11.7 Å². The summed E-state index contributed by atoms with van der Waals surface area (Å²) in [6.07, 6.45) is 0.0399. The predicted octanol–water partition coefficient (Wildman–Crippen LogP) is -0.0150. The van der Waals surface area contributed by atoms with Crippen molar-refractivity contribution < 1.29 is 14.1 Å².